The quantitative estimate of drug-likeness (QED) is 0.164. The van der Waals surface area contributed by atoms with E-state index in [0.29, 0.717) is 0 Å². The molecule has 0 atom stereocenters. The first-order chi connectivity index (χ1) is 38.1. The molecule has 0 amide bonds. The minimum atomic E-state index is -0.0923. The molecule has 19 rings (SSSR count). The van der Waals surface area contributed by atoms with Gasteiger partial charge >= 0.3 is 0 Å². The summed E-state index contributed by atoms with van der Waals surface area (Å²) in [5.41, 5.74) is 19.2. The van der Waals surface area contributed by atoms with Gasteiger partial charge < -0.3 is 28.0 Å². The smallest absolute Gasteiger partial charge is 0.257 e. The summed E-state index contributed by atoms with van der Waals surface area (Å²) in [6, 6.07) is 84.5. The van der Waals surface area contributed by atoms with Crippen LogP contribution in [0.2, 0.25) is 0 Å². The molecule has 0 spiro atoms. The molecule has 13 aromatic carbocycles. The second-order valence-electron chi connectivity index (χ2n) is 21.2. The highest BCUT2D eigenvalue weighted by Crippen LogP contribution is 2.53. The Morgan fingerprint density at radius 2 is 0.584 bits per heavy atom. The van der Waals surface area contributed by atoms with Crippen LogP contribution in [0, 0.1) is 0 Å². The standard InChI is InChI=1S/C70H38BN3O3/c1-4-14-42-33-64-50(29-39(42)11-1)53-36-46(23-26-61(53)75-64)72-56-19-9-21-58-67(56)71-68-57(72)20-10-22-59(68)74(48-25-28-63-55(38-48)52-31-41-13-3-6-16-44(41)35-66(52)77-63)70-49-18-8-7-17-45(49)32-60(69(70)71)73(58)47-24-27-62-54(37-47)51-30-40-12-2-5-15-43(40)34-65(51)76-62/h1-38H. The summed E-state index contributed by atoms with van der Waals surface area (Å²) < 4.78 is 20.0. The third kappa shape index (κ3) is 5.29. The van der Waals surface area contributed by atoms with Crippen LogP contribution in [0.15, 0.2) is 244 Å². The minimum Gasteiger partial charge on any atom is -0.456 e. The molecule has 0 saturated heterocycles. The Hall–Kier alpha value is -10.2. The minimum absolute atomic E-state index is 0.0923. The van der Waals surface area contributed by atoms with Crippen molar-refractivity contribution in [1.82, 2.24) is 0 Å². The van der Waals surface area contributed by atoms with Crippen LogP contribution in [0.25, 0.3) is 109 Å². The Balaban J connectivity index is 0.915. The van der Waals surface area contributed by atoms with Gasteiger partial charge in [-0.05, 0) is 175 Å². The van der Waals surface area contributed by atoms with Crippen molar-refractivity contribution in [2.45, 2.75) is 0 Å². The Labute approximate surface area is 439 Å². The van der Waals surface area contributed by atoms with Crippen molar-refractivity contribution in [3.8, 4) is 0 Å². The van der Waals surface area contributed by atoms with E-state index >= 15 is 0 Å². The number of nitrogens with zero attached hydrogens (tertiary/aromatic N) is 3. The second kappa shape index (κ2) is 14.3. The van der Waals surface area contributed by atoms with Crippen molar-refractivity contribution in [1.29, 1.82) is 0 Å². The van der Waals surface area contributed by atoms with E-state index in [1.165, 1.54) is 49.0 Å². The molecule has 0 aliphatic carbocycles. The average molecular weight is 980 g/mol. The maximum Gasteiger partial charge on any atom is 0.257 e. The van der Waals surface area contributed by atoms with Crippen molar-refractivity contribution < 1.29 is 13.3 Å². The first kappa shape index (κ1) is 40.2. The van der Waals surface area contributed by atoms with Crippen LogP contribution in [0.5, 0.6) is 0 Å². The molecule has 354 valence electrons. The summed E-state index contributed by atoms with van der Waals surface area (Å²) in [7, 11) is 0. The van der Waals surface area contributed by atoms with E-state index in [1.54, 1.807) is 0 Å². The summed E-state index contributed by atoms with van der Waals surface area (Å²) in [6.45, 7) is -0.0923. The lowest BCUT2D eigenvalue weighted by atomic mass is 9.31. The van der Waals surface area contributed by atoms with Gasteiger partial charge in [0.05, 0.1) is 5.69 Å². The molecule has 3 aromatic heterocycles. The third-order valence-corrected chi connectivity index (χ3v) is 17.2. The summed E-state index contributed by atoms with van der Waals surface area (Å²) >= 11 is 0. The van der Waals surface area contributed by atoms with Crippen molar-refractivity contribution in [3.05, 3.63) is 231 Å². The Morgan fingerprint density at radius 1 is 0.234 bits per heavy atom. The highest BCUT2D eigenvalue weighted by atomic mass is 16.3. The molecule has 6 nitrogen and oxygen atoms in total. The monoisotopic (exact) mass is 979 g/mol. The summed E-state index contributed by atoms with van der Waals surface area (Å²) in [6.07, 6.45) is 0. The van der Waals surface area contributed by atoms with Gasteiger partial charge in [0.2, 0.25) is 0 Å². The molecule has 16 aromatic rings. The van der Waals surface area contributed by atoms with Crippen LogP contribution in [0.1, 0.15) is 0 Å². The molecule has 6 heterocycles. The van der Waals surface area contributed by atoms with E-state index in [-0.39, 0.29) is 6.71 Å². The first-order valence-electron chi connectivity index (χ1n) is 26.4. The fraction of sp³-hybridized carbons (Fsp3) is 0. The lowest BCUT2D eigenvalue weighted by Crippen LogP contribution is -2.64. The molecule has 0 radical (unpaired) electrons. The SMILES string of the molecule is c1cc2c3c(c1)N(c1ccc4oc5cc6ccccc6cc5c4c1)c1cc4ccccc4c4c1B3c1c(cccc1N4c1ccc3oc4cc5ccccc5cc4c3c1)N2c1ccc2oc3cc4ccccc4cc3c2c1. The average Bonchev–Trinajstić information content (AvgIpc) is 4.12. The van der Waals surface area contributed by atoms with Gasteiger partial charge in [-0.15, -0.1) is 0 Å². The van der Waals surface area contributed by atoms with Crippen LogP contribution >= 0.6 is 0 Å². The van der Waals surface area contributed by atoms with Crippen molar-refractivity contribution in [3.63, 3.8) is 0 Å². The largest absolute Gasteiger partial charge is 0.456 e. The number of furan rings is 3. The van der Waals surface area contributed by atoms with E-state index < -0.39 is 0 Å². The lowest BCUT2D eigenvalue weighted by molar-refractivity contribution is 0.669. The van der Waals surface area contributed by atoms with Gasteiger partial charge in [-0.25, -0.2) is 0 Å². The number of anilines is 9. The number of fused-ring (bicyclic) bond motifs is 14. The number of benzene rings is 13. The molecule has 0 bridgehead atoms. The molecule has 0 N–H and O–H groups in total. The Bertz CT molecular complexity index is 5340. The summed E-state index contributed by atoms with van der Waals surface area (Å²) in [5.74, 6) is 0. The maximum absolute atomic E-state index is 6.67. The van der Waals surface area contributed by atoms with E-state index in [2.05, 4.69) is 245 Å². The number of hydrogen-bond donors (Lipinski definition) is 0. The molecular formula is C70H38BN3O3. The molecule has 0 saturated carbocycles. The van der Waals surface area contributed by atoms with E-state index in [1.807, 2.05) is 0 Å². The van der Waals surface area contributed by atoms with Gasteiger partial charge in [0.1, 0.15) is 33.5 Å². The van der Waals surface area contributed by atoms with Crippen LogP contribution in [-0.2, 0) is 0 Å². The Kier molecular flexibility index (Phi) is 7.48. The van der Waals surface area contributed by atoms with Gasteiger partial charge in [0, 0.05) is 83.2 Å². The zero-order chi connectivity index (χ0) is 49.8. The summed E-state index contributed by atoms with van der Waals surface area (Å²) in [5, 5.41) is 16.0. The predicted molar refractivity (Wildman–Crippen MR) is 321 cm³/mol. The molecule has 7 heteroatoms. The number of hydrogen-bond acceptors (Lipinski definition) is 6. The predicted octanol–water partition coefficient (Wildman–Crippen LogP) is 17.9. The normalized spacial score (nSPS) is 13.6. The first-order valence-corrected chi connectivity index (χ1v) is 26.4. The fourth-order valence-corrected chi connectivity index (χ4v) is 13.9. The van der Waals surface area contributed by atoms with Crippen LogP contribution in [0.3, 0.4) is 0 Å². The molecule has 0 fully saturated rings. The van der Waals surface area contributed by atoms with E-state index in [4.69, 9.17) is 13.3 Å². The van der Waals surface area contributed by atoms with Crippen LogP contribution in [0.4, 0.5) is 51.2 Å². The Morgan fingerprint density at radius 3 is 1.03 bits per heavy atom. The molecule has 3 aliphatic heterocycles. The molecule has 77 heavy (non-hydrogen) atoms. The van der Waals surface area contributed by atoms with Gasteiger partial charge in [0.25, 0.3) is 6.71 Å². The van der Waals surface area contributed by atoms with Gasteiger partial charge in [-0.1, -0.05) is 109 Å². The van der Waals surface area contributed by atoms with Crippen molar-refractivity contribution in [2.24, 2.45) is 0 Å². The molecular weight excluding hydrogens is 942 g/mol. The van der Waals surface area contributed by atoms with Gasteiger partial charge in [-0.3, -0.25) is 0 Å². The lowest BCUT2D eigenvalue weighted by Gasteiger charge is -2.49. The number of rotatable bonds is 3. The van der Waals surface area contributed by atoms with E-state index in [0.717, 1.165) is 127 Å². The summed E-state index contributed by atoms with van der Waals surface area (Å²) in [4.78, 5) is 7.60. The zero-order valence-electron chi connectivity index (χ0n) is 41.1. The van der Waals surface area contributed by atoms with Crippen molar-refractivity contribution in [2.75, 3.05) is 14.7 Å². The molecule has 3 aliphatic rings. The van der Waals surface area contributed by atoms with Gasteiger partial charge in [-0.2, -0.15) is 0 Å². The molecule has 0 unspecified atom stereocenters. The zero-order valence-corrected chi connectivity index (χ0v) is 41.1. The van der Waals surface area contributed by atoms with Crippen molar-refractivity contribution >= 4 is 183 Å². The second-order valence-corrected chi connectivity index (χ2v) is 21.2. The topological polar surface area (TPSA) is 49.1 Å². The van der Waals surface area contributed by atoms with Gasteiger partial charge in [0.15, 0.2) is 0 Å². The highest BCUT2D eigenvalue weighted by molar-refractivity contribution is 7.03. The van der Waals surface area contributed by atoms with Crippen LogP contribution in [-0.4, -0.2) is 6.71 Å². The maximum atomic E-state index is 6.67. The van der Waals surface area contributed by atoms with E-state index in [9.17, 15) is 0 Å². The highest BCUT2D eigenvalue weighted by Gasteiger charge is 2.50. The fourth-order valence-electron chi connectivity index (χ4n) is 13.9. The van der Waals surface area contributed by atoms with Crippen LogP contribution < -0.4 is 31.1 Å². The third-order valence-electron chi connectivity index (χ3n) is 17.2.